The van der Waals surface area contributed by atoms with Gasteiger partial charge in [-0.1, -0.05) is 174 Å². The average molecular weight is 1030 g/mol. The van der Waals surface area contributed by atoms with E-state index in [-0.39, 0.29) is 34.6 Å². The van der Waals surface area contributed by atoms with Gasteiger partial charge in [0.25, 0.3) is 11.8 Å². The number of amides is 2. The first-order valence-electron chi connectivity index (χ1n) is 22.6. The van der Waals surface area contributed by atoms with Crippen molar-refractivity contribution < 1.29 is 28.8 Å². The van der Waals surface area contributed by atoms with E-state index in [0.717, 1.165) is 33.0 Å². The number of β-lactam (4-membered cyclic amide) rings is 1. The van der Waals surface area contributed by atoms with Gasteiger partial charge in [-0.25, -0.2) is 14.9 Å². The van der Waals surface area contributed by atoms with E-state index in [4.69, 9.17) is 19.4 Å². The topological polar surface area (TPSA) is 212 Å². The van der Waals surface area contributed by atoms with Crippen LogP contribution in [0.5, 0.6) is 0 Å². The highest BCUT2D eigenvalue weighted by molar-refractivity contribution is 8.02. The smallest absolute Gasteiger partial charge is 0.356 e. The van der Waals surface area contributed by atoms with Crippen LogP contribution >= 0.6 is 34.9 Å². The van der Waals surface area contributed by atoms with Crippen molar-refractivity contribution in [3.63, 3.8) is 0 Å². The maximum Gasteiger partial charge on any atom is 0.356 e. The first-order chi connectivity index (χ1) is 35.7. The summed E-state index contributed by atoms with van der Waals surface area (Å²) in [6.07, 6.45) is 2.07. The van der Waals surface area contributed by atoms with Gasteiger partial charge in [0, 0.05) is 11.1 Å². The lowest BCUT2D eigenvalue weighted by atomic mass is 9.77. The fraction of sp³-hybridized carbons (Fsp3) is 0.151. The number of allylic oxidation sites excluding steroid dienone is 1. The largest absolute Gasteiger partial charge is 0.448 e. The Balaban J connectivity index is 1.00. The average Bonchev–Trinajstić information content (AvgIpc) is 3.90. The van der Waals surface area contributed by atoms with Crippen LogP contribution in [0.2, 0.25) is 0 Å². The van der Waals surface area contributed by atoms with E-state index in [9.17, 15) is 24.0 Å². The second-order valence-corrected chi connectivity index (χ2v) is 19.0. The lowest BCUT2D eigenvalue weighted by Gasteiger charge is -2.49. The van der Waals surface area contributed by atoms with Crippen molar-refractivity contribution in [3.8, 4) is 0 Å². The third-order valence-corrected chi connectivity index (χ3v) is 14.6. The number of anilines is 1. The van der Waals surface area contributed by atoms with Crippen molar-refractivity contribution in [2.24, 2.45) is 10.3 Å². The van der Waals surface area contributed by atoms with Crippen LogP contribution in [0.1, 0.15) is 39.6 Å². The molecule has 1 fully saturated rings. The Morgan fingerprint density at radius 2 is 1.41 bits per heavy atom. The number of esters is 1. The summed E-state index contributed by atoms with van der Waals surface area (Å²) in [5.74, 6) is -1.89. The molecule has 5 aromatic carbocycles. The molecular formula is C53H45N9O8S3. The van der Waals surface area contributed by atoms with E-state index in [2.05, 4.69) is 31.1 Å². The molecule has 0 spiro atoms. The quantitative estimate of drug-likeness (QED) is 0.0141. The Bertz CT molecular complexity index is 3200. The summed E-state index contributed by atoms with van der Waals surface area (Å²) >= 11 is 3.58. The number of ether oxygens (including phenoxy) is 1. The molecule has 2 aliphatic rings. The number of hydrogen-bond acceptors (Lipinski definition) is 16. The van der Waals surface area contributed by atoms with Crippen molar-refractivity contribution in [2.75, 3.05) is 25.3 Å². The van der Waals surface area contributed by atoms with Crippen molar-refractivity contribution in [1.82, 2.24) is 30.0 Å². The van der Waals surface area contributed by atoms with Crippen molar-refractivity contribution >= 4 is 69.7 Å². The van der Waals surface area contributed by atoms with Gasteiger partial charge >= 0.3 is 17.1 Å². The second kappa shape index (κ2) is 22.8. The fourth-order valence-electron chi connectivity index (χ4n) is 8.43. The van der Waals surface area contributed by atoms with Gasteiger partial charge in [0.1, 0.15) is 42.6 Å². The van der Waals surface area contributed by atoms with E-state index in [0.29, 0.717) is 21.8 Å². The number of nitrogens with zero attached hydrogens (tertiary/aromatic N) is 6. The molecule has 368 valence electrons. The number of rotatable bonds is 19. The van der Waals surface area contributed by atoms with Crippen LogP contribution in [0.15, 0.2) is 205 Å². The Kier molecular flexibility index (Phi) is 15.5. The highest BCUT2D eigenvalue weighted by Crippen LogP contribution is 2.43. The van der Waals surface area contributed by atoms with Gasteiger partial charge in [-0.3, -0.25) is 28.6 Å². The molecule has 9 rings (SSSR count). The Morgan fingerprint density at radius 3 is 1.97 bits per heavy atom. The Hall–Kier alpha value is -8.33. The number of benzene rings is 5. The number of carbonyl (C=O) groups excluding carboxylic acids is 3. The van der Waals surface area contributed by atoms with Gasteiger partial charge in [0.15, 0.2) is 22.1 Å². The SMILES string of the molecule is CO/N=C/Cn1c(S/C=C/C2=C(C(=O)OC(c3ccccc3)c3ccccc3)N3C(=O)C(NC(=O)/C(=N/OC)c4csc(NC(c5ccccc5)(c5ccccc5)c5ccccc5)n4)C3SC2)n[nH]c(=O)c1=O. The fourth-order valence-corrected chi connectivity index (χ4v) is 11.2. The van der Waals surface area contributed by atoms with Crippen LogP contribution in [0.4, 0.5) is 5.13 Å². The number of thiazole rings is 1. The van der Waals surface area contributed by atoms with E-state index in [1.807, 2.05) is 152 Å². The van der Waals surface area contributed by atoms with E-state index < -0.39 is 52.0 Å². The van der Waals surface area contributed by atoms with Crippen LogP contribution in [0.3, 0.4) is 0 Å². The number of hydrogen-bond donors (Lipinski definition) is 3. The summed E-state index contributed by atoms with van der Waals surface area (Å²) in [6, 6.07) is 47.4. The number of thioether (sulfide) groups is 2. The number of fused-ring (bicyclic) bond motifs is 1. The van der Waals surface area contributed by atoms with Gasteiger partial charge in [-0.2, -0.15) is 0 Å². The standard InChI is InChI=1S/C53H45N9O8S3/c1-68-54-29-30-61-48(66)46(64)58-59-52(61)71-31-28-36-32-72-49-42(47(65)62(49)43(36)50(67)70-44(34-18-8-3-9-19-34)35-20-10-4-11-21-35)56-45(63)41(60-69-2)40-33-73-51(55-40)57-53(37-22-12-5-13-23-37,38-24-14-6-15-25-38)39-26-16-7-17-27-39/h3-29,31,33,42,44,49H,30,32H2,1-2H3,(H,55,57)(H,56,63)(H,58,64)/b31-28+,54-29+,60-41+. The first-order valence-corrected chi connectivity index (χ1v) is 25.4. The summed E-state index contributed by atoms with van der Waals surface area (Å²) < 4.78 is 7.44. The maximum absolute atomic E-state index is 14.7. The number of carbonyl (C=O) groups is 3. The predicted molar refractivity (Wildman–Crippen MR) is 281 cm³/mol. The van der Waals surface area contributed by atoms with Crippen molar-refractivity contribution in [1.29, 1.82) is 0 Å². The zero-order chi connectivity index (χ0) is 50.7. The number of aromatic amines is 1. The summed E-state index contributed by atoms with van der Waals surface area (Å²) in [7, 11) is 2.66. The minimum absolute atomic E-state index is 0.0354. The molecule has 1 saturated heterocycles. The van der Waals surface area contributed by atoms with Gasteiger partial charge in [-0.15, -0.1) is 28.2 Å². The lowest BCUT2D eigenvalue weighted by molar-refractivity contribution is -0.154. The normalized spacial score (nSPS) is 15.8. The minimum Gasteiger partial charge on any atom is -0.448 e. The molecule has 2 atom stereocenters. The number of oxime groups is 2. The molecule has 17 nitrogen and oxygen atoms in total. The first kappa shape index (κ1) is 49.6. The molecule has 0 saturated carbocycles. The molecule has 20 heteroatoms. The highest BCUT2D eigenvalue weighted by Gasteiger charge is 2.55. The molecule has 3 N–H and O–H groups in total. The van der Waals surface area contributed by atoms with E-state index in [1.165, 1.54) is 48.4 Å². The van der Waals surface area contributed by atoms with E-state index >= 15 is 0 Å². The van der Waals surface area contributed by atoms with Gasteiger partial charge in [0.05, 0.1) is 12.8 Å². The Morgan fingerprint density at radius 1 is 0.836 bits per heavy atom. The zero-order valence-corrected chi connectivity index (χ0v) is 41.5. The Labute approximate surface area is 430 Å². The number of H-pyrrole nitrogens is 1. The molecule has 2 unspecified atom stereocenters. The van der Waals surface area contributed by atoms with Gasteiger partial charge < -0.3 is 25.0 Å². The molecule has 2 aromatic heterocycles. The highest BCUT2D eigenvalue weighted by atomic mass is 32.2. The van der Waals surface area contributed by atoms with Crippen LogP contribution in [0, 0.1) is 0 Å². The molecule has 4 heterocycles. The summed E-state index contributed by atoms with van der Waals surface area (Å²) in [6.45, 7) is -0.109. The van der Waals surface area contributed by atoms with Gasteiger partial charge in [0.2, 0.25) is 0 Å². The maximum atomic E-state index is 14.7. The number of nitrogens with one attached hydrogen (secondary N) is 3. The molecule has 0 radical (unpaired) electrons. The number of aromatic nitrogens is 4. The second-order valence-electron chi connectivity index (χ2n) is 16.1. The molecule has 0 bridgehead atoms. The molecule has 2 aliphatic heterocycles. The van der Waals surface area contributed by atoms with Crippen LogP contribution in [0.25, 0.3) is 0 Å². The molecule has 7 aromatic rings. The summed E-state index contributed by atoms with van der Waals surface area (Å²) in [5.41, 5.74) is 1.99. The molecule has 0 aliphatic carbocycles. The third-order valence-electron chi connectivity index (χ3n) is 11.8. The van der Waals surface area contributed by atoms with Crippen LogP contribution in [-0.4, -0.2) is 85.7 Å². The van der Waals surface area contributed by atoms with E-state index in [1.54, 1.807) is 16.9 Å². The monoisotopic (exact) mass is 1030 g/mol. The summed E-state index contributed by atoms with van der Waals surface area (Å²) in [4.78, 5) is 84.6. The zero-order valence-electron chi connectivity index (χ0n) is 39.1. The summed E-state index contributed by atoms with van der Waals surface area (Å²) in [5, 5.41) is 23.7. The lowest BCUT2D eigenvalue weighted by Crippen LogP contribution is -2.71. The third kappa shape index (κ3) is 10.5. The van der Waals surface area contributed by atoms with Crippen molar-refractivity contribution in [2.45, 2.75) is 34.8 Å². The molecule has 2 amide bonds. The van der Waals surface area contributed by atoms with Crippen LogP contribution in [-0.2, 0) is 40.9 Å². The molecule has 73 heavy (non-hydrogen) atoms. The van der Waals surface area contributed by atoms with Gasteiger partial charge in [-0.05, 0) is 44.9 Å². The predicted octanol–water partition coefficient (Wildman–Crippen LogP) is 7.07. The van der Waals surface area contributed by atoms with Crippen LogP contribution < -0.4 is 21.8 Å². The molecular weight excluding hydrogens is 987 g/mol. The van der Waals surface area contributed by atoms with Crippen molar-refractivity contribution in [3.05, 3.63) is 234 Å². The minimum atomic E-state index is -1.09.